The summed E-state index contributed by atoms with van der Waals surface area (Å²) in [6.45, 7) is 3.68. The van der Waals surface area contributed by atoms with Crippen LogP contribution >= 0.6 is 0 Å². The van der Waals surface area contributed by atoms with Crippen LogP contribution in [0.4, 0.5) is 0 Å². The molecule has 1 saturated carbocycles. The van der Waals surface area contributed by atoms with E-state index in [0.717, 1.165) is 0 Å². The maximum absolute atomic E-state index is 11.2. The van der Waals surface area contributed by atoms with E-state index in [-0.39, 0.29) is 11.2 Å². The van der Waals surface area contributed by atoms with E-state index in [2.05, 4.69) is 4.74 Å². The minimum Gasteiger partial charge on any atom is -0.468 e. The SMILES string of the molecule is COC(=O)C1CC(C)(C)C1=O. The molecule has 0 saturated heterocycles. The number of hydrogen-bond acceptors (Lipinski definition) is 3. The monoisotopic (exact) mass is 156 g/mol. The number of carbonyl (C=O) groups is 2. The van der Waals surface area contributed by atoms with E-state index in [1.165, 1.54) is 7.11 Å². The van der Waals surface area contributed by atoms with E-state index >= 15 is 0 Å². The van der Waals surface area contributed by atoms with Crippen LogP contribution in [0.25, 0.3) is 0 Å². The summed E-state index contributed by atoms with van der Waals surface area (Å²) in [5, 5.41) is 0. The number of methoxy groups -OCH3 is 1. The molecule has 0 aliphatic heterocycles. The second-order valence-electron chi connectivity index (χ2n) is 3.53. The molecule has 1 rings (SSSR count). The van der Waals surface area contributed by atoms with E-state index in [1.54, 1.807) is 0 Å². The number of Topliss-reactive ketones (excluding diaryl/α,β-unsaturated/α-hetero) is 1. The molecule has 11 heavy (non-hydrogen) atoms. The summed E-state index contributed by atoms with van der Waals surface area (Å²) < 4.78 is 4.46. The van der Waals surface area contributed by atoms with E-state index in [4.69, 9.17) is 0 Å². The van der Waals surface area contributed by atoms with Crippen LogP contribution < -0.4 is 0 Å². The van der Waals surface area contributed by atoms with Gasteiger partial charge in [-0.05, 0) is 6.42 Å². The molecule has 0 aromatic rings. The zero-order valence-corrected chi connectivity index (χ0v) is 7.01. The third-order valence-corrected chi connectivity index (χ3v) is 2.18. The van der Waals surface area contributed by atoms with Gasteiger partial charge in [-0.25, -0.2) is 0 Å². The van der Waals surface area contributed by atoms with Gasteiger partial charge in [-0.15, -0.1) is 0 Å². The van der Waals surface area contributed by atoms with Gasteiger partial charge in [-0.1, -0.05) is 13.8 Å². The van der Waals surface area contributed by atoms with Crippen LogP contribution in [0.1, 0.15) is 20.3 Å². The predicted molar refractivity (Wildman–Crippen MR) is 38.9 cm³/mol. The summed E-state index contributed by atoms with van der Waals surface area (Å²) in [6.07, 6.45) is 0.624. The molecule has 0 bridgehead atoms. The quantitative estimate of drug-likeness (QED) is 0.416. The first-order chi connectivity index (χ1) is 4.99. The van der Waals surface area contributed by atoms with Crippen molar-refractivity contribution in [3.8, 4) is 0 Å². The Morgan fingerprint density at radius 3 is 2.45 bits per heavy atom. The van der Waals surface area contributed by atoms with Crippen molar-refractivity contribution < 1.29 is 14.3 Å². The van der Waals surface area contributed by atoms with Gasteiger partial charge in [0.1, 0.15) is 5.92 Å². The van der Waals surface area contributed by atoms with Gasteiger partial charge in [-0.2, -0.15) is 0 Å². The number of ketones is 1. The highest BCUT2D eigenvalue weighted by molar-refractivity contribution is 6.06. The van der Waals surface area contributed by atoms with Crippen molar-refractivity contribution in [3.05, 3.63) is 0 Å². The normalized spacial score (nSPS) is 27.5. The van der Waals surface area contributed by atoms with Crippen molar-refractivity contribution in [3.63, 3.8) is 0 Å². The molecule has 0 radical (unpaired) electrons. The number of esters is 1. The smallest absolute Gasteiger partial charge is 0.316 e. The van der Waals surface area contributed by atoms with Crippen molar-refractivity contribution in [2.24, 2.45) is 11.3 Å². The average Bonchev–Trinajstić information content (AvgIpc) is 1.98. The molecule has 1 fully saturated rings. The second kappa shape index (κ2) is 2.32. The molecule has 3 heteroatoms. The van der Waals surface area contributed by atoms with Gasteiger partial charge < -0.3 is 4.74 Å². The third kappa shape index (κ3) is 1.15. The lowest BCUT2D eigenvalue weighted by atomic mass is 9.63. The van der Waals surface area contributed by atoms with Crippen molar-refractivity contribution in [1.29, 1.82) is 0 Å². The molecule has 0 N–H and O–H groups in total. The Morgan fingerprint density at radius 2 is 2.18 bits per heavy atom. The Morgan fingerprint density at radius 1 is 1.64 bits per heavy atom. The number of rotatable bonds is 1. The highest BCUT2D eigenvalue weighted by atomic mass is 16.5. The Labute approximate surface area is 65.7 Å². The van der Waals surface area contributed by atoms with Crippen LogP contribution in [0.5, 0.6) is 0 Å². The van der Waals surface area contributed by atoms with Crippen LogP contribution in [-0.2, 0) is 14.3 Å². The summed E-state index contributed by atoms with van der Waals surface area (Å²) in [5.74, 6) is -0.881. The fourth-order valence-corrected chi connectivity index (χ4v) is 1.38. The van der Waals surface area contributed by atoms with Crippen LogP contribution in [0.3, 0.4) is 0 Å². The standard InChI is InChI=1S/C8H12O3/c1-8(2)4-5(6(8)9)7(10)11-3/h5H,4H2,1-3H3. The molecule has 1 unspecified atom stereocenters. The van der Waals surface area contributed by atoms with E-state index in [9.17, 15) is 9.59 Å². The van der Waals surface area contributed by atoms with Gasteiger partial charge in [0.25, 0.3) is 0 Å². The van der Waals surface area contributed by atoms with Gasteiger partial charge in [0.2, 0.25) is 0 Å². The second-order valence-corrected chi connectivity index (χ2v) is 3.53. The zero-order valence-electron chi connectivity index (χ0n) is 7.01. The minimum absolute atomic E-state index is 0.00403. The Hall–Kier alpha value is -0.860. The van der Waals surface area contributed by atoms with E-state index in [0.29, 0.717) is 6.42 Å². The topological polar surface area (TPSA) is 43.4 Å². The zero-order chi connectivity index (χ0) is 8.65. The Balaban J connectivity index is 2.59. The molecule has 0 spiro atoms. The highest BCUT2D eigenvalue weighted by Crippen LogP contribution is 2.41. The first kappa shape index (κ1) is 8.24. The maximum atomic E-state index is 11.2. The van der Waals surface area contributed by atoms with Crippen molar-refractivity contribution >= 4 is 11.8 Å². The molecule has 0 aromatic carbocycles. The van der Waals surface area contributed by atoms with Crippen molar-refractivity contribution in [1.82, 2.24) is 0 Å². The number of carbonyl (C=O) groups excluding carboxylic acids is 2. The predicted octanol–water partition coefficient (Wildman–Crippen LogP) is 0.775. The highest BCUT2D eigenvalue weighted by Gasteiger charge is 2.50. The summed E-state index contributed by atoms with van der Waals surface area (Å²) in [6, 6.07) is 0. The van der Waals surface area contributed by atoms with Gasteiger partial charge in [0.05, 0.1) is 7.11 Å². The lowest BCUT2D eigenvalue weighted by Gasteiger charge is -2.38. The molecule has 0 heterocycles. The van der Waals surface area contributed by atoms with Gasteiger partial charge >= 0.3 is 5.97 Å². The lowest BCUT2D eigenvalue weighted by Crippen LogP contribution is -2.48. The molecule has 0 aromatic heterocycles. The van der Waals surface area contributed by atoms with Crippen molar-refractivity contribution in [2.45, 2.75) is 20.3 Å². The molecule has 3 nitrogen and oxygen atoms in total. The first-order valence-electron chi connectivity index (χ1n) is 3.61. The Bertz CT molecular complexity index is 205. The largest absolute Gasteiger partial charge is 0.468 e. The van der Waals surface area contributed by atoms with Crippen molar-refractivity contribution in [2.75, 3.05) is 7.11 Å². The molecular formula is C8H12O3. The minimum atomic E-state index is -0.491. The molecule has 1 aliphatic rings. The van der Waals surface area contributed by atoms with Crippen LogP contribution in [-0.4, -0.2) is 18.9 Å². The molecule has 1 aliphatic carbocycles. The maximum Gasteiger partial charge on any atom is 0.316 e. The fourth-order valence-electron chi connectivity index (χ4n) is 1.38. The fraction of sp³-hybridized carbons (Fsp3) is 0.750. The summed E-state index contributed by atoms with van der Waals surface area (Å²) in [5.41, 5.74) is -0.307. The van der Waals surface area contributed by atoms with Gasteiger partial charge in [-0.3, -0.25) is 9.59 Å². The number of hydrogen-bond donors (Lipinski definition) is 0. The summed E-state index contributed by atoms with van der Waals surface area (Å²) >= 11 is 0. The summed E-state index contributed by atoms with van der Waals surface area (Å²) in [7, 11) is 1.31. The third-order valence-electron chi connectivity index (χ3n) is 2.18. The van der Waals surface area contributed by atoms with E-state index in [1.807, 2.05) is 13.8 Å². The van der Waals surface area contributed by atoms with Gasteiger partial charge in [0, 0.05) is 5.41 Å². The number of ether oxygens (including phenoxy) is 1. The molecule has 62 valence electrons. The molecule has 1 atom stereocenters. The summed E-state index contributed by atoms with van der Waals surface area (Å²) in [4.78, 5) is 22.0. The first-order valence-corrected chi connectivity index (χ1v) is 3.61. The van der Waals surface area contributed by atoms with Gasteiger partial charge in [0.15, 0.2) is 5.78 Å². The molecular weight excluding hydrogens is 144 g/mol. The van der Waals surface area contributed by atoms with Crippen LogP contribution in [0.15, 0.2) is 0 Å². The Kier molecular flexibility index (Phi) is 1.74. The van der Waals surface area contributed by atoms with E-state index < -0.39 is 11.9 Å². The lowest BCUT2D eigenvalue weighted by molar-refractivity contribution is -0.161. The average molecular weight is 156 g/mol. The van der Waals surface area contributed by atoms with Crippen LogP contribution in [0, 0.1) is 11.3 Å². The molecule has 0 amide bonds. The van der Waals surface area contributed by atoms with Crippen LogP contribution in [0.2, 0.25) is 0 Å².